The summed E-state index contributed by atoms with van der Waals surface area (Å²) < 4.78 is 0. The van der Waals surface area contributed by atoms with E-state index in [0.29, 0.717) is 5.92 Å². The molecule has 0 bridgehead atoms. The third kappa shape index (κ3) is 6.47. The van der Waals surface area contributed by atoms with Crippen LogP contribution in [0, 0.1) is 5.92 Å². The van der Waals surface area contributed by atoms with Crippen molar-refractivity contribution in [3.63, 3.8) is 0 Å². The summed E-state index contributed by atoms with van der Waals surface area (Å²) in [7, 11) is 0. The van der Waals surface area contributed by atoms with Crippen LogP contribution in [0.5, 0.6) is 0 Å². The fraction of sp³-hybridized carbons (Fsp3) is 0.588. The van der Waals surface area contributed by atoms with Crippen molar-refractivity contribution in [3.8, 4) is 0 Å². The number of hydrogen-bond acceptors (Lipinski definition) is 2. The Morgan fingerprint density at radius 3 is 2.55 bits per heavy atom. The molecular formula is C17H27NOS. The molecule has 0 aliphatic carbocycles. The highest BCUT2D eigenvalue weighted by atomic mass is 32.2. The van der Waals surface area contributed by atoms with Crippen LogP contribution >= 0.6 is 11.8 Å². The van der Waals surface area contributed by atoms with Gasteiger partial charge in [-0.2, -0.15) is 0 Å². The molecule has 0 unspecified atom stereocenters. The Bertz CT molecular complexity index is 380. The molecule has 0 saturated heterocycles. The molecule has 0 fully saturated rings. The van der Waals surface area contributed by atoms with Gasteiger partial charge < -0.3 is 5.32 Å². The molecule has 0 heterocycles. The molecule has 2 nitrogen and oxygen atoms in total. The molecule has 0 spiro atoms. The van der Waals surface area contributed by atoms with Crippen molar-refractivity contribution in [2.75, 3.05) is 6.54 Å². The molecule has 2 atom stereocenters. The maximum absolute atomic E-state index is 12.1. The maximum atomic E-state index is 12.1. The van der Waals surface area contributed by atoms with E-state index in [4.69, 9.17) is 0 Å². The van der Waals surface area contributed by atoms with Crippen molar-refractivity contribution in [2.45, 2.75) is 56.6 Å². The first kappa shape index (κ1) is 17.1. The predicted octanol–water partition coefficient (Wildman–Crippen LogP) is 4.50. The largest absolute Gasteiger partial charge is 0.355 e. The Hall–Kier alpha value is -0.960. The van der Waals surface area contributed by atoms with Crippen molar-refractivity contribution in [3.05, 3.63) is 30.3 Å². The van der Waals surface area contributed by atoms with E-state index in [1.165, 1.54) is 19.3 Å². The fourth-order valence-corrected chi connectivity index (χ4v) is 3.00. The molecule has 1 rings (SSSR count). The van der Waals surface area contributed by atoms with Crippen molar-refractivity contribution in [1.29, 1.82) is 0 Å². The average Bonchev–Trinajstić information content (AvgIpc) is 2.48. The van der Waals surface area contributed by atoms with Crippen LogP contribution in [0.4, 0.5) is 0 Å². The fourth-order valence-electron chi connectivity index (χ4n) is 2.09. The van der Waals surface area contributed by atoms with Crippen LogP contribution in [0.2, 0.25) is 0 Å². The first-order valence-electron chi connectivity index (χ1n) is 7.66. The van der Waals surface area contributed by atoms with Gasteiger partial charge in [-0.3, -0.25) is 4.79 Å². The minimum atomic E-state index is -0.0407. The summed E-state index contributed by atoms with van der Waals surface area (Å²) in [6, 6.07) is 10.1. The van der Waals surface area contributed by atoms with Gasteiger partial charge in [0.2, 0.25) is 5.91 Å². The van der Waals surface area contributed by atoms with Gasteiger partial charge in [0.25, 0.3) is 0 Å². The van der Waals surface area contributed by atoms with Gasteiger partial charge in [0.1, 0.15) is 0 Å². The molecule has 0 aromatic heterocycles. The zero-order chi connectivity index (χ0) is 14.8. The Morgan fingerprint density at radius 1 is 1.25 bits per heavy atom. The Kier molecular flexibility index (Phi) is 8.43. The minimum Gasteiger partial charge on any atom is -0.355 e. The van der Waals surface area contributed by atoms with E-state index in [0.717, 1.165) is 17.9 Å². The van der Waals surface area contributed by atoms with Crippen LogP contribution in [0.1, 0.15) is 46.5 Å². The van der Waals surface area contributed by atoms with Crippen LogP contribution in [-0.4, -0.2) is 17.7 Å². The summed E-state index contributed by atoms with van der Waals surface area (Å²) in [6.07, 6.45) is 4.83. The summed E-state index contributed by atoms with van der Waals surface area (Å²) in [6.45, 7) is 7.20. The molecule has 1 aromatic carbocycles. The number of carbonyl (C=O) groups is 1. The van der Waals surface area contributed by atoms with E-state index < -0.39 is 0 Å². The molecule has 0 aliphatic rings. The highest BCUT2D eigenvalue weighted by Gasteiger charge is 2.15. The van der Waals surface area contributed by atoms with E-state index in [-0.39, 0.29) is 11.2 Å². The molecule has 3 heteroatoms. The van der Waals surface area contributed by atoms with E-state index >= 15 is 0 Å². The number of unbranched alkanes of at least 4 members (excludes halogenated alkanes) is 1. The van der Waals surface area contributed by atoms with Crippen molar-refractivity contribution in [1.82, 2.24) is 5.32 Å². The number of nitrogens with one attached hydrogen (secondary N) is 1. The topological polar surface area (TPSA) is 29.1 Å². The Labute approximate surface area is 127 Å². The second-order valence-corrected chi connectivity index (χ2v) is 6.65. The van der Waals surface area contributed by atoms with Crippen LogP contribution in [-0.2, 0) is 4.79 Å². The van der Waals surface area contributed by atoms with Crippen molar-refractivity contribution < 1.29 is 4.79 Å². The first-order valence-corrected chi connectivity index (χ1v) is 8.54. The molecule has 20 heavy (non-hydrogen) atoms. The molecule has 1 amide bonds. The number of hydrogen-bond donors (Lipinski definition) is 1. The van der Waals surface area contributed by atoms with Crippen molar-refractivity contribution in [2.24, 2.45) is 5.92 Å². The van der Waals surface area contributed by atoms with Crippen LogP contribution in [0.3, 0.4) is 0 Å². The van der Waals surface area contributed by atoms with Gasteiger partial charge in [0.15, 0.2) is 0 Å². The molecule has 0 aliphatic heterocycles. The number of rotatable bonds is 9. The Balaban J connectivity index is 2.34. The minimum absolute atomic E-state index is 0.0407. The predicted molar refractivity (Wildman–Crippen MR) is 88.1 cm³/mol. The van der Waals surface area contributed by atoms with E-state index in [9.17, 15) is 4.79 Å². The molecule has 112 valence electrons. The smallest absolute Gasteiger partial charge is 0.233 e. The zero-order valence-corrected chi connectivity index (χ0v) is 13.7. The van der Waals surface area contributed by atoms with Crippen LogP contribution < -0.4 is 5.32 Å². The SMILES string of the molecule is CCCC[C@H](CC)CNC(=O)[C@H](C)Sc1ccccc1. The highest BCUT2D eigenvalue weighted by molar-refractivity contribution is 8.00. The number of thioether (sulfide) groups is 1. The summed E-state index contributed by atoms with van der Waals surface area (Å²) >= 11 is 1.62. The number of amides is 1. The second-order valence-electron chi connectivity index (χ2n) is 5.23. The highest BCUT2D eigenvalue weighted by Crippen LogP contribution is 2.22. The van der Waals surface area contributed by atoms with E-state index in [1.54, 1.807) is 11.8 Å². The summed E-state index contributed by atoms with van der Waals surface area (Å²) in [5.41, 5.74) is 0. The Morgan fingerprint density at radius 2 is 1.95 bits per heavy atom. The lowest BCUT2D eigenvalue weighted by molar-refractivity contribution is -0.120. The van der Waals surface area contributed by atoms with Crippen molar-refractivity contribution >= 4 is 17.7 Å². The summed E-state index contributed by atoms with van der Waals surface area (Å²) in [4.78, 5) is 13.3. The van der Waals surface area contributed by atoms with Gasteiger partial charge in [-0.15, -0.1) is 11.8 Å². The molecule has 0 saturated carbocycles. The van der Waals surface area contributed by atoms with Gasteiger partial charge in [0, 0.05) is 11.4 Å². The lowest BCUT2D eigenvalue weighted by Crippen LogP contribution is -2.34. The standard InChI is InChI=1S/C17H27NOS/c1-4-6-10-15(5-2)13-18-17(19)14(3)20-16-11-8-7-9-12-16/h7-9,11-12,14-15H,4-6,10,13H2,1-3H3,(H,18,19)/t14-,15-/m0/s1. The van der Waals surface area contributed by atoms with Gasteiger partial charge in [-0.25, -0.2) is 0 Å². The maximum Gasteiger partial charge on any atom is 0.233 e. The molecular weight excluding hydrogens is 266 g/mol. The van der Waals surface area contributed by atoms with Gasteiger partial charge in [-0.05, 0) is 31.4 Å². The summed E-state index contributed by atoms with van der Waals surface area (Å²) in [5.74, 6) is 0.765. The van der Waals surface area contributed by atoms with E-state index in [1.807, 2.05) is 37.3 Å². The number of carbonyl (C=O) groups excluding carboxylic acids is 1. The lowest BCUT2D eigenvalue weighted by atomic mass is 9.99. The number of benzene rings is 1. The van der Waals surface area contributed by atoms with Gasteiger partial charge >= 0.3 is 0 Å². The first-order chi connectivity index (χ1) is 9.67. The monoisotopic (exact) mass is 293 g/mol. The van der Waals surface area contributed by atoms with Gasteiger partial charge in [-0.1, -0.05) is 51.3 Å². The quantitative estimate of drug-likeness (QED) is 0.679. The molecule has 1 aromatic rings. The third-order valence-electron chi connectivity index (χ3n) is 3.53. The van der Waals surface area contributed by atoms with Crippen LogP contribution in [0.15, 0.2) is 35.2 Å². The average molecular weight is 293 g/mol. The van der Waals surface area contributed by atoms with Gasteiger partial charge in [0.05, 0.1) is 5.25 Å². The molecule has 0 radical (unpaired) electrons. The normalized spacial score (nSPS) is 13.8. The lowest BCUT2D eigenvalue weighted by Gasteiger charge is -2.17. The van der Waals surface area contributed by atoms with E-state index in [2.05, 4.69) is 19.2 Å². The summed E-state index contributed by atoms with van der Waals surface area (Å²) in [5, 5.41) is 3.06. The molecule has 1 N–H and O–H groups in total. The second kappa shape index (κ2) is 9.87. The zero-order valence-electron chi connectivity index (χ0n) is 12.9. The third-order valence-corrected chi connectivity index (χ3v) is 4.65. The van der Waals surface area contributed by atoms with Crippen LogP contribution in [0.25, 0.3) is 0 Å².